The Morgan fingerprint density at radius 3 is 2.04 bits per heavy atom. The van der Waals surface area contributed by atoms with Crippen molar-refractivity contribution in [1.29, 1.82) is 0 Å². The summed E-state index contributed by atoms with van der Waals surface area (Å²) in [5.41, 5.74) is 3.56. The van der Waals surface area contributed by atoms with E-state index < -0.39 is 6.10 Å². The first-order chi connectivity index (χ1) is 12.8. The molecule has 3 nitrogen and oxygen atoms in total. The van der Waals surface area contributed by atoms with Gasteiger partial charge in [-0.2, -0.15) is 0 Å². The number of aliphatic hydroxyl groups excluding tert-OH is 1. The normalized spacial score (nSPS) is 13.8. The molecule has 4 rings (SSSR count). The van der Waals surface area contributed by atoms with Crippen LogP contribution in [-0.4, -0.2) is 24.3 Å². The third kappa shape index (κ3) is 3.78. The van der Waals surface area contributed by atoms with Crippen molar-refractivity contribution in [3.8, 4) is 0 Å². The Bertz CT molecular complexity index is 823. The second-order valence-corrected chi connectivity index (χ2v) is 7.50. The maximum atomic E-state index is 10.6. The maximum Gasteiger partial charge on any atom is 0.0843 e. The highest BCUT2D eigenvalue weighted by molar-refractivity contribution is 7.99. The summed E-state index contributed by atoms with van der Waals surface area (Å²) in [5.74, 6) is 0. The van der Waals surface area contributed by atoms with Crippen LogP contribution in [-0.2, 0) is 6.54 Å². The zero-order valence-corrected chi connectivity index (χ0v) is 15.3. The molecule has 0 unspecified atom stereocenters. The number of rotatable bonds is 6. The van der Waals surface area contributed by atoms with Gasteiger partial charge in [0.05, 0.1) is 24.0 Å². The number of benzene rings is 3. The average Bonchev–Trinajstić information content (AvgIpc) is 2.68. The number of hydrogen-bond donors (Lipinski definition) is 2. The molecule has 0 saturated carbocycles. The number of β-amino-alcohol motifs (C(OH)–C–C–N with tert-alkyl or cyclic N) is 1. The summed E-state index contributed by atoms with van der Waals surface area (Å²) in [5, 5.41) is 14.0. The predicted octanol–water partition coefficient (Wildman–Crippen LogP) is 4.44. The molecule has 0 aromatic heterocycles. The van der Waals surface area contributed by atoms with Crippen molar-refractivity contribution in [2.45, 2.75) is 22.4 Å². The summed E-state index contributed by atoms with van der Waals surface area (Å²) < 4.78 is 0. The van der Waals surface area contributed by atoms with Crippen LogP contribution in [0.1, 0.15) is 5.56 Å². The highest BCUT2D eigenvalue weighted by Gasteiger charge is 2.24. The van der Waals surface area contributed by atoms with E-state index in [4.69, 9.17) is 0 Å². The first-order valence-corrected chi connectivity index (χ1v) is 9.69. The van der Waals surface area contributed by atoms with Crippen LogP contribution in [0.2, 0.25) is 0 Å². The minimum absolute atomic E-state index is 0.456. The van der Waals surface area contributed by atoms with Gasteiger partial charge in [-0.1, -0.05) is 66.4 Å². The van der Waals surface area contributed by atoms with E-state index in [-0.39, 0.29) is 0 Å². The van der Waals surface area contributed by atoms with E-state index in [9.17, 15) is 5.11 Å². The fraction of sp³-hybridized carbons (Fsp3) is 0.182. The molecule has 0 aliphatic carbocycles. The van der Waals surface area contributed by atoms with Gasteiger partial charge in [-0.15, -0.1) is 0 Å². The summed E-state index contributed by atoms with van der Waals surface area (Å²) in [6.45, 7) is 1.89. The standard InChI is InChI=1S/C22H22N2OS/c25-18(15-23-14-17-8-2-1-3-9-17)16-24-19-10-4-6-12-21(19)26-22-13-7-5-11-20(22)24/h1-13,18,23,25H,14-16H2/t18-/m0/s1. The Kier molecular flexibility index (Phi) is 5.25. The molecule has 26 heavy (non-hydrogen) atoms. The van der Waals surface area contributed by atoms with Crippen LogP contribution in [0, 0.1) is 0 Å². The molecular formula is C22H22N2OS. The van der Waals surface area contributed by atoms with Crippen molar-refractivity contribution in [2.24, 2.45) is 0 Å². The summed E-state index contributed by atoms with van der Waals surface area (Å²) in [7, 11) is 0. The smallest absolute Gasteiger partial charge is 0.0843 e. The number of aliphatic hydroxyl groups is 1. The molecule has 0 saturated heterocycles. The minimum Gasteiger partial charge on any atom is -0.390 e. The number of nitrogens with one attached hydrogen (secondary N) is 1. The molecule has 1 aliphatic heterocycles. The van der Waals surface area contributed by atoms with Gasteiger partial charge in [0.1, 0.15) is 0 Å². The van der Waals surface area contributed by atoms with Crippen LogP contribution < -0.4 is 10.2 Å². The van der Waals surface area contributed by atoms with Crippen molar-refractivity contribution in [3.63, 3.8) is 0 Å². The second-order valence-electron chi connectivity index (χ2n) is 6.42. The molecule has 3 aromatic carbocycles. The van der Waals surface area contributed by atoms with Crippen LogP contribution >= 0.6 is 11.8 Å². The van der Waals surface area contributed by atoms with Gasteiger partial charge in [0.25, 0.3) is 0 Å². The van der Waals surface area contributed by atoms with Gasteiger partial charge in [0.2, 0.25) is 0 Å². The lowest BCUT2D eigenvalue weighted by Crippen LogP contribution is -2.37. The largest absolute Gasteiger partial charge is 0.390 e. The van der Waals surface area contributed by atoms with Gasteiger partial charge in [-0.3, -0.25) is 0 Å². The third-order valence-corrected chi connectivity index (χ3v) is 5.61. The zero-order chi connectivity index (χ0) is 17.8. The molecule has 0 bridgehead atoms. The number of fused-ring (bicyclic) bond motifs is 2. The van der Waals surface area contributed by atoms with Crippen LogP contribution in [0.3, 0.4) is 0 Å². The number of para-hydroxylation sites is 2. The van der Waals surface area contributed by atoms with Gasteiger partial charge in [0, 0.05) is 22.9 Å². The lowest BCUT2D eigenvalue weighted by molar-refractivity contribution is 0.179. The van der Waals surface area contributed by atoms with Gasteiger partial charge in [0.15, 0.2) is 0 Å². The summed E-state index contributed by atoms with van der Waals surface area (Å²) in [6.07, 6.45) is -0.456. The molecule has 0 radical (unpaired) electrons. The Labute approximate surface area is 158 Å². The van der Waals surface area contributed by atoms with Crippen molar-refractivity contribution in [2.75, 3.05) is 18.0 Å². The van der Waals surface area contributed by atoms with Crippen LogP contribution in [0.15, 0.2) is 88.7 Å². The van der Waals surface area contributed by atoms with Gasteiger partial charge < -0.3 is 15.3 Å². The molecule has 2 N–H and O–H groups in total. The van der Waals surface area contributed by atoms with E-state index in [0.29, 0.717) is 13.1 Å². The summed E-state index contributed by atoms with van der Waals surface area (Å²) >= 11 is 1.79. The SMILES string of the molecule is O[C@@H](CNCc1ccccc1)CN1c2ccccc2Sc2ccccc21. The molecule has 132 valence electrons. The third-order valence-electron chi connectivity index (χ3n) is 4.48. The summed E-state index contributed by atoms with van der Waals surface area (Å²) in [4.78, 5) is 4.70. The Hall–Kier alpha value is -2.27. The van der Waals surface area contributed by atoms with E-state index in [1.54, 1.807) is 11.8 Å². The van der Waals surface area contributed by atoms with Gasteiger partial charge in [-0.25, -0.2) is 0 Å². The molecule has 1 atom stereocenters. The van der Waals surface area contributed by atoms with E-state index in [2.05, 4.69) is 70.9 Å². The highest BCUT2D eigenvalue weighted by atomic mass is 32.2. The lowest BCUT2D eigenvalue weighted by atomic mass is 10.2. The fourth-order valence-electron chi connectivity index (χ4n) is 3.23. The highest BCUT2D eigenvalue weighted by Crippen LogP contribution is 2.47. The van der Waals surface area contributed by atoms with E-state index in [1.807, 2.05) is 18.2 Å². The Morgan fingerprint density at radius 2 is 1.38 bits per heavy atom. The molecule has 0 spiro atoms. The van der Waals surface area contributed by atoms with Crippen LogP contribution in [0.25, 0.3) is 0 Å². The van der Waals surface area contributed by atoms with E-state index >= 15 is 0 Å². The molecule has 1 heterocycles. The predicted molar refractivity (Wildman–Crippen MR) is 108 cm³/mol. The molecule has 0 fully saturated rings. The monoisotopic (exact) mass is 362 g/mol. The molecule has 3 aromatic rings. The Balaban J connectivity index is 1.45. The Morgan fingerprint density at radius 1 is 0.808 bits per heavy atom. The molecular weight excluding hydrogens is 340 g/mol. The minimum atomic E-state index is -0.456. The second kappa shape index (κ2) is 7.96. The topological polar surface area (TPSA) is 35.5 Å². The first-order valence-electron chi connectivity index (χ1n) is 8.87. The van der Waals surface area contributed by atoms with Gasteiger partial charge in [-0.05, 0) is 29.8 Å². The quantitative estimate of drug-likeness (QED) is 0.680. The van der Waals surface area contributed by atoms with Crippen LogP contribution in [0.4, 0.5) is 11.4 Å². The number of nitrogens with zero attached hydrogens (tertiary/aromatic N) is 1. The first kappa shape index (κ1) is 17.2. The van der Waals surface area contributed by atoms with Gasteiger partial charge >= 0.3 is 0 Å². The maximum absolute atomic E-state index is 10.6. The number of hydrogen-bond acceptors (Lipinski definition) is 4. The average molecular weight is 362 g/mol. The van der Waals surface area contributed by atoms with Crippen molar-refractivity contribution >= 4 is 23.1 Å². The van der Waals surface area contributed by atoms with Crippen molar-refractivity contribution < 1.29 is 5.11 Å². The summed E-state index contributed by atoms with van der Waals surface area (Å²) in [6, 6.07) is 27.0. The fourth-order valence-corrected chi connectivity index (χ4v) is 4.33. The van der Waals surface area contributed by atoms with E-state index in [1.165, 1.54) is 26.7 Å². The molecule has 0 amide bonds. The van der Waals surface area contributed by atoms with Crippen molar-refractivity contribution in [1.82, 2.24) is 5.32 Å². The van der Waals surface area contributed by atoms with Crippen LogP contribution in [0.5, 0.6) is 0 Å². The lowest BCUT2D eigenvalue weighted by Gasteiger charge is -2.34. The van der Waals surface area contributed by atoms with E-state index in [0.717, 1.165) is 6.54 Å². The number of anilines is 2. The molecule has 1 aliphatic rings. The zero-order valence-electron chi connectivity index (χ0n) is 14.5. The van der Waals surface area contributed by atoms with Crippen molar-refractivity contribution in [3.05, 3.63) is 84.4 Å². The molecule has 4 heteroatoms.